The number of hydrogen-bond donors (Lipinski definition) is 2. The number of unbranched alkanes of at least 4 members (excludes halogenated alkanes) is 4. The number of alkyl carbamates (subject to hydrolysis) is 1. The number of hydrogen-bond acceptors (Lipinski definition) is 12. The third kappa shape index (κ3) is 15.4. The number of alkyl halides is 3. The van der Waals surface area contributed by atoms with E-state index in [1.807, 2.05) is 84.9 Å². The molecule has 0 radical (unpaired) electrons. The van der Waals surface area contributed by atoms with Gasteiger partial charge in [-0.2, -0.15) is 13.6 Å². The van der Waals surface area contributed by atoms with E-state index in [9.17, 15) is 19.6 Å². The van der Waals surface area contributed by atoms with E-state index in [1.54, 1.807) is 0 Å². The van der Waals surface area contributed by atoms with E-state index in [0.29, 0.717) is 6.42 Å². The van der Waals surface area contributed by atoms with Crippen LogP contribution >= 0.6 is 43.0 Å². The normalized spacial score (nSPS) is 22.3. The van der Waals surface area contributed by atoms with Crippen LogP contribution in [0.4, 0.5) is 4.79 Å². The number of phosphoric acid groups is 1. The van der Waals surface area contributed by atoms with Crippen molar-refractivity contribution in [3.63, 3.8) is 0 Å². The van der Waals surface area contributed by atoms with Crippen molar-refractivity contribution in [3.8, 4) is 0 Å². The molecule has 2 aliphatic heterocycles. The number of ether oxygens (including phenoxy) is 5. The minimum Gasteiger partial charge on any atom is -0.606 e. The van der Waals surface area contributed by atoms with E-state index in [-0.39, 0.29) is 39.5 Å². The Morgan fingerprint density at radius 1 is 0.879 bits per heavy atom. The fraction of sp³-hybridized carbons (Fsp3) is 0.512. The number of benzene rings is 3. The predicted octanol–water partition coefficient (Wildman–Crippen LogP) is 7.80. The summed E-state index contributed by atoms with van der Waals surface area (Å²) < 4.78 is 45.1. The molecule has 0 bridgehead atoms. The highest BCUT2D eigenvalue weighted by Crippen LogP contribution is 2.58. The summed E-state index contributed by atoms with van der Waals surface area (Å²) in [5.41, 5.74) is 3.24. The van der Waals surface area contributed by atoms with E-state index >= 15 is 0 Å². The van der Waals surface area contributed by atoms with Gasteiger partial charge in [-0.15, -0.1) is 0 Å². The Morgan fingerprint density at radius 3 is 2.10 bits per heavy atom. The largest absolute Gasteiger partial charge is 0.606 e. The number of aliphatic hydroxyl groups is 1. The minimum absolute atomic E-state index is 0.118. The van der Waals surface area contributed by atoms with Crippen molar-refractivity contribution >= 4 is 55.0 Å². The van der Waals surface area contributed by atoms with Gasteiger partial charge in [0.1, 0.15) is 32.0 Å². The van der Waals surface area contributed by atoms with Crippen LogP contribution in [0.5, 0.6) is 0 Å². The second-order valence-electron chi connectivity index (χ2n) is 14.0. The van der Waals surface area contributed by atoms with Crippen molar-refractivity contribution in [2.45, 2.75) is 119 Å². The van der Waals surface area contributed by atoms with Gasteiger partial charge < -0.3 is 39.0 Å². The van der Waals surface area contributed by atoms with Gasteiger partial charge in [0.25, 0.3) is 0 Å². The maximum atomic E-state index is 14.3. The highest BCUT2D eigenvalue weighted by molar-refractivity contribution is 7.53. The summed E-state index contributed by atoms with van der Waals surface area (Å²) in [6, 6.07) is 24.5. The van der Waals surface area contributed by atoms with Gasteiger partial charge in [0.2, 0.25) is 3.79 Å². The predicted molar refractivity (Wildman–Crippen MR) is 216 cm³/mol. The molecule has 6 atom stereocenters. The third-order valence-corrected chi connectivity index (χ3v) is 11.2. The molecular formula is C41H51Cl3NO12P. The molecule has 1 fully saturated rings. The lowest BCUT2D eigenvalue weighted by Crippen LogP contribution is -2.66. The number of nitrogens with one attached hydrogen (secondary N) is 1. The highest BCUT2D eigenvalue weighted by Gasteiger charge is 2.55. The van der Waals surface area contributed by atoms with E-state index in [2.05, 4.69) is 12.2 Å². The fourth-order valence-corrected chi connectivity index (χ4v) is 7.95. The number of rotatable bonds is 20. The molecule has 1 unspecified atom stereocenters. The molecule has 13 nitrogen and oxygen atoms in total. The Morgan fingerprint density at radius 2 is 1.48 bits per heavy atom. The summed E-state index contributed by atoms with van der Waals surface area (Å²) in [7, 11) is -4.46. The average molecular weight is 887 g/mol. The van der Waals surface area contributed by atoms with Gasteiger partial charge in [0, 0.05) is 0 Å². The molecule has 1 amide bonds. The number of fused-ring (bicyclic) bond motifs is 1. The first-order chi connectivity index (χ1) is 27.9. The highest BCUT2D eigenvalue weighted by atomic mass is 35.6. The van der Waals surface area contributed by atoms with Crippen molar-refractivity contribution < 1.29 is 56.8 Å². The number of carbonyl (C=O) groups is 2. The van der Waals surface area contributed by atoms with Crippen LogP contribution in [-0.2, 0) is 68.5 Å². The Bertz CT molecular complexity index is 1660. The lowest BCUT2D eigenvalue weighted by Gasteiger charge is -2.44. The molecule has 2 aliphatic rings. The van der Waals surface area contributed by atoms with Crippen LogP contribution in [0, 0.1) is 0 Å². The molecule has 2 heterocycles. The molecular weight excluding hydrogens is 836 g/mol. The van der Waals surface area contributed by atoms with Crippen molar-refractivity contribution in [1.29, 1.82) is 0 Å². The van der Waals surface area contributed by atoms with E-state index in [1.165, 1.54) is 0 Å². The van der Waals surface area contributed by atoms with E-state index in [4.69, 9.17) is 72.1 Å². The first-order valence-electron chi connectivity index (χ1n) is 19.4. The minimum atomic E-state index is -4.46. The third-order valence-electron chi connectivity index (χ3n) is 9.46. The van der Waals surface area contributed by atoms with Gasteiger partial charge in [-0.3, -0.25) is 4.79 Å². The molecule has 0 aromatic heterocycles. The zero-order valence-electron chi connectivity index (χ0n) is 32.3. The topological polar surface area (TPSA) is 163 Å². The van der Waals surface area contributed by atoms with Crippen LogP contribution in [0.3, 0.4) is 0 Å². The first kappa shape index (κ1) is 46.4. The number of aliphatic hydroxyl groups excluding tert-OH is 1. The Balaban J connectivity index is 1.41. The molecule has 0 spiro atoms. The molecule has 0 aliphatic carbocycles. The van der Waals surface area contributed by atoms with Gasteiger partial charge in [0.15, 0.2) is 18.5 Å². The van der Waals surface area contributed by atoms with Crippen LogP contribution in [0.1, 0.15) is 74.1 Å². The lowest BCUT2D eigenvalue weighted by atomic mass is 9.96. The molecule has 0 saturated carbocycles. The standard InChI is InChI=1S/C41H51Cl3NO12P/c1-2-3-4-5-12-21-33(51-24-30-17-10-7-11-18-30)22-35(46)56-38-36(45-40(48)52-28-41(42,43)44)39(47)55-34(27-50-23-29-15-8-6-9-16-29)37(38)57-58(49)53-25-31-19-13-14-20-32(31)26-54-58/h6-11,13-20,33-34,36-39,47H,2-5,12,21-28H2,1H3,(H,45,48)/t33-,34-,36-,37-,38-,39?/m1/s1. The van der Waals surface area contributed by atoms with Crippen molar-refractivity contribution in [1.82, 2.24) is 5.32 Å². The molecule has 2 N–H and O–H groups in total. The quantitative estimate of drug-likeness (QED) is 0.0491. The molecule has 1 saturated heterocycles. The number of phosphoric ester groups is 1. The van der Waals surface area contributed by atoms with Crippen molar-refractivity contribution in [2.75, 3.05) is 13.2 Å². The fourth-order valence-electron chi connectivity index (χ4n) is 6.44. The SMILES string of the molecule is CCCCCCC[C@H](CC(=O)O[C@H]1[C@H](O[P+]2([O-])OCc3ccccc3CO2)[C@@H](COCc2ccccc2)OC(O)[C@@H]1NC(=O)OCC(Cl)(Cl)Cl)OCc1ccccc1. The monoisotopic (exact) mass is 885 g/mol. The lowest BCUT2D eigenvalue weighted by molar-refractivity contribution is -0.291. The van der Waals surface area contributed by atoms with Gasteiger partial charge in [-0.1, -0.05) is 159 Å². The van der Waals surface area contributed by atoms with Crippen molar-refractivity contribution in [2.24, 2.45) is 0 Å². The number of amides is 1. The number of carbonyl (C=O) groups excluding carboxylic acids is 2. The zero-order chi connectivity index (χ0) is 41.4. The van der Waals surface area contributed by atoms with E-state index < -0.39 is 67.4 Å². The van der Waals surface area contributed by atoms with Crippen LogP contribution in [0.25, 0.3) is 0 Å². The first-order valence-corrected chi connectivity index (χ1v) is 22.0. The van der Waals surface area contributed by atoms with Gasteiger partial charge in [0.05, 0.1) is 32.3 Å². The van der Waals surface area contributed by atoms with Gasteiger partial charge in [-0.05, 0) is 28.7 Å². The summed E-state index contributed by atoms with van der Waals surface area (Å²) >= 11 is 17.4. The second-order valence-corrected chi connectivity index (χ2v) is 18.2. The average Bonchev–Trinajstić information content (AvgIpc) is 3.38. The Labute approximate surface area is 355 Å². The van der Waals surface area contributed by atoms with Crippen LogP contribution in [0.2, 0.25) is 0 Å². The summed E-state index contributed by atoms with van der Waals surface area (Å²) in [5.74, 6) is -0.752. The molecule has 3 aromatic carbocycles. The Kier molecular flexibility index (Phi) is 18.7. The van der Waals surface area contributed by atoms with Crippen LogP contribution in [-0.4, -0.2) is 70.9 Å². The van der Waals surface area contributed by atoms with E-state index in [0.717, 1.165) is 54.4 Å². The smallest absolute Gasteiger partial charge is 0.407 e. The Hall–Kier alpha value is -2.62. The molecule has 58 heavy (non-hydrogen) atoms. The van der Waals surface area contributed by atoms with Crippen LogP contribution in [0.15, 0.2) is 84.9 Å². The maximum Gasteiger partial charge on any atom is 0.407 e. The summed E-state index contributed by atoms with van der Waals surface area (Å²) in [6.45, 7) is 1.41. The number of halogens is 3. The molecule has 318 valence electrons. The maximum absolute atomic E-state index is 14.3. The summed E-state index contributed by atoms with van der Waals surface area (Å²) in [6.07, 6.45) is -2.45. The molecule has 3 aromatic rings. The summed E-state index contributed by atoms with van der Waals surface area (Å²) in [4.78, 5) is 41.4. The van der Waals surface area contributed by atoms with Crippen molar-refractivity contribution in [3.05, 3.63) is 107 Å². The second kappa shape index (κ2) is 23.4. The summed E-state index contributed by atoms with van der Waals surface area (Å²) in [5, 5.41) is 13.9. The molecule has 5 rings (SSSR count). The van der Waals surface area contributed by atoms with Crippen LogP contribution < -0.4 is 10.2 Å². The van der Waals surface area contributed by atoms with Gasteiger partial charge >= 0.3 is 20.2 Å². The zero-order valence-corrected chi connectivity index (χ0v) is 35.4. The number of esters is 1. The van der Waals surface area contributed by atoms with Gasteiger partial charge in [-0.25, -0.2) is 4.79 Å². The molecule has 17 heteroatoms.